The van der Waals surface area contributed by atoms with Crippen LogP contribution in [0.4, 0.5) is 18.9 Å². The number of ether oxygens (including phenoxy) is 1. The Hall–Kier alpha value is -2.85. The Bertz CT molecular complexity index is 1000. The van der Waals surface area contributed by atoms with Crippen LogP contribution < -0.4 is 14.7 Å². The minimum atomic E-state index is -4.53. The Morgan fingerprint density at radius 1 is 1.21 bits per heavy atom. The molecule has 1 aliphatic rings. The number of rotatable bonds is 5. The monoisotopic (exact) mass is 438 g/mol. The van der Waals surface area contributed by atoms with Crippen LogP contribution in [0.2, 0.25) is 0 Å². The van der Waals surface area contributed by atoms with Gasteiger partial charge in [0.1, 0.15) is 12.4 Å². The lowest BCUT2D eigenvalue weighted by molar-refractivity contribution is -0.307. The molecular formula is C19H11F3NO4S2-. The van der Waals surface area contributed by atoms with E-state index in [-0.39, 0.29) is 14.9 Å². The van der Waals surface area contributed by atoms with Gasteiger partial charge in [-0.1, -0.05) is 42.2 Å². The van der Waals surface area contributed by atoms with Crippen molar-refractivity contribution in [3.63, 3.8) is 0 Å². The fourth-order valence-corrected chi connectivity index (χ4v) is 3.76. The van der Waals surface area contributed by atoms with Crippen LogP contribution in [-0.2, 0) is 15.8 Å². The summed E-state index contributed by atoms with van der Waals surface area (Å²) in [4.78, 5) is 24.4. The van der Waals surface area contributed by atoms with E-state index < -0.39 is 30.2 Å². The zero-order valence-electron chi connectivity index (χ0n) is 14.4. The van der Waals surface area contributed by atoms with Crippen LogP contribution in [0.15, 0.2) is 53.4 Å². The Balaban J connectivity index is 1.81. The molecule has 2 aromatic carbocycles. The molecule has 1 fully saturated rings. The van der Waals surface area contributed by atoms with Crippen molar-refractivity contribution in [2.24, 2.45) is 0 Å². The van der Waals surface area contributed by atoms with Crippen molar-refractivity contribution in [2.45, 2.75) is 6.18 Å². The third-order valence-electron chi connectivity index (χ3n) is 3.76. The second kappa shape index (κ2) is 8.26. The Kier molecular flexibility index (Phi) is 5.94. The number of aliphatic carboxylic acids is 1. The second-order valence-corrected chi connectivity index (χ2v) is 7.47. The van der Waals surface area contributed by atoms with Crippen LogP contribution in [-0.4, -0.2) is 22.8 Å². The summed E-state index contributed by atoms with van der Waals surface area (Å²) < 4.78 is 43.9. The number of amides is 1. The zero-order valence-corrected chi connectivity index (χ0v) is 16.1. The SMILES string of the molecule is O=C([O-])COc1ccc(/C=C2\SC(=S)N(c3cccc(C(F)(F)F)c3)C2=O)cc1. The van der Waals surface area contributed by atoms with Crippen LogP contribution in [0.3, 0.4) is 0 Å². The number of thiocarbonyl (C=S) groups is 1. The number of carboxylic acid groups (broad SMARTS) is 1. The third-order valence-corrected chi connectivity index (χ3v) is 5.06. The molecule has 0 saturated carbocycles. The van der Waals surface area contributed by atoms with Crippen molar-refractivity contribution >= 4 is 51.9 Å². The van der Waals surface area contributed by atoms with Gasteiger partial charge in [0, 0.05) is 0 Å². The van der Waals surface area contributed by atoms with Crippen LogP contribution in [0.25, 0.3) is 6.08 Å². The quantitative estimate of drug-likeness (QED) is 0.527. The van der Waals surface area contributed by atoms with Gasteiger partial charge in [-0.2, -0.15) is 13.2 Å². The van der Waals surface area contributed by atoms with E-state index >= 15 is 0 Å². The van der Waals surface area contributed by atoms with Gasteiger partial charge < -0.3 is 14.6 Å². The summed E-state index contributed by atoms with van der Waals surface area (Å²) in [6.07, 6.45) is -3.00. The highest BCUT2D eigenvalue weighted by Gasteiger charge is 2.36. The second-order valence-electron chi connectivity index (χ2n) is 5.79. The molecule has 0 aromatic heterocycles. The number of carboxylic acids is 1. The van der Waals surface area contributed by atoms with Gasteiger partial charge >= 0.3 is 6.18 Å². The maximum atomic E-state index is 12.9. The number of halogens is 3. The fraction of sp³-hybridized carbons (Fsp3) is 0.105. The number of carbonyl (C=O) groups is 2. The molecule has 29 heavy (non-hydrogen) atoms. The van der Waals surface area contributed by atoms with Crippen LogP contribution in [0.1, 0.15) is 11.1 Å². The van der Waals surface area contributed by atoms with Gasteiger partial charge in [-0.15, -0.1) is 0 Å². The van der Waals surface area contributed by atoms with Crippen molar-refractivity contribution in [1.82, 2.24) is 0 Å². The number of nitrogens with zero attached hydrogens (tertiary/aromatic N) is 1. The number of carbonyl (C=O) groups excluding carboxylic acids is 2. The van der Waals surface area contributed by atoms with Crippen LogP contribution in [0, 0.1) is 0 Å². The van der Waals surface area contributed by atoms with Crippen molar-refractivity contribution in [1.29, 1.82) is 0 Å². The standard InChI is InChI=1S/C19H12F3NO4S2/c20-19(21,22)12-2-1-3-13(9-12)23-17(26)15(29-18(23)28)8-11-4-6-14(7-5-11)27-10-16(24)25/h1-9H,10H2,(H,24,25)/p-1/b15-8-. The smallest absolute Gasteiger partial charge is 0.416 e. The van der Waals surface area contributed by atoms with Crippen molar-refractivity contribution in [3.8, 4) is 5.75 Å². The van der Waals surface area contributed by atoms with Gasteiger partial charge in [-0.3, -0.25) is 9.69 Å². The highest BCUT2D eigenvalue weighted by atomic mass is 32.2. The largest absolute Gasteiger partial charge is 0.546 e. The lowest BCUT2D eigenvalue weighted by atomic mass is 10.1. The van der Waals surface area contributed by atoms with Gasteiger partial charge in [0.05, 0.1) is 22.1 Å². The summed E-state index contributed by atoms with van der Waals surface area (Å²) in [6, 6.07) is 10.6. The van der Waals surface area contributed by atoms with Crippen molar-refractivity contribution < 1.29 is 32.6 Å². The topological polar surface area (TPSA) is 69.7 Å². The minimum Gasteiger partial charge on any atom is -0.546 e. The van der Waals surface area contributed by atoms with E-state index in [1.54, 1.807) is 12.1 Å². The summed E-state index contributed by atoms with van der Waals surface area (Å²) in [5.74, 6) is -1.58. The van der Waals surface area contributed by atoms with Crippen molar-refractivity contribution in [2.75, 3.05) is 11.5 Å². The van der Waals surface area contributed by atoms with E-state index in [1.165, 1.54) is 30.3 Å². The molecule has 2 aromatic rings. The molecule has 1 amide bonds. The van der Waals surface area contributed by atoms with Gasteiger partial charge in [-0.05, 0) is 42.0 Å². The molecule has 0 radical (unpaired) electrons. The predicted molar refractivity (Wildman–Crippen MR) is 104 cm³/mol. The molecule has 0 unspecified atom stereocenters. The Morgan fingerprint density at radius 2 is 1.90 bits per heavy atom. The normalized spacial score (nSPS) is 15.8. The molecule has 5 nitrogen and oxygen atoms in total. The first kappa shape index (κ1) is 20.9. The highest BCUT2D eigenvalue weighted by Crippen LogP contribution is 2.38. The summed E-state index contributed by atoms with van der Waals surface area (Å²) in [7, 11) is 0. The molecule has 0 atom stereocenters. The predicted octanol–water partition coefficient (Wildman–Crippen LogP) is 3.24. The number of alkyl halides is 3. The van der Waals surface area contributed by atoms with Crippen LogP contribution in [0.5, 0.6) is 5.75 Å². The number of hydrogen-bond donors (Lipinski definition) is 0. The van der Waals surface area contributed by atoms with E-state index in [2.05, 4.69) is 0 Å². The molecule has 0 N–H and O–H groups in total. The minimum absolute atomic E-state index is 0.0387. The van der Waals surface area contributed by atoms with Crippen LogP contribution >= 0.6 is 24.0 Å². The average molecular weight is 438 g/mol. The first-order chi connectivity index (χ1) is 13.6. The summed E-state index contributed by atoms with van der Waals surface area (Å²) in [5, 5.41) is 10.4. The van der Waals surface area contributed by atoms with Gasteiger partial charge in [0.2, 0.25) is 0 Å². The first-order valence-electron chi connectivity index (χ1n) is 8.03. The first-order valence-corrected chi connectivity index (χ1v) is 9.25. The number of hydrogen-bond acceptors (Lipinski definition) is 6. The van der Waals surface area contributed by atoms with E-state index in [0.717, 1.165) is 28.8 Å². The molecule has 1 saturated heterocycles. The van der Waals surface area contributed by atoms with Gasteiger partial charge in [-0.25, -0.2) is 0 Å². The zero-order chi connectivity index (χ0) is 21.2. The molecule has 1 heterocycles. The Labute approximate surface area is 172 Å². The molecule has 0 bridgehead atoms. The van der Waals surface area contributed by atoms with Gasteiger partial charge in [0.25, 0.3) is 5.91 Å². The highest BCUT2D eigenvalue weighted by molar-refractivity contribution is 8.27. The van der Waals surface area contributed by atoms with E-state index in [1.807, 2.05) is 0 Å². The molecule has 10 heteroatoms. The van der Waals surface area contributed by atoms with Gasteiger partial charge in [0.15, 0.2) is 4.32 Å². The molecular weight excluding hydrogens is 427 g/mol. The lowest BCUT2D eigenvalue weighted by Crippen LogP contribution is -2.28. The maximum absolute atomic E-state index is 12.9. The summed E-state index contributed by atoms with van der Waals surface area (Å²) in [6.45, 7) is -0.588. The number of benzene rings is 2. The molecule has 0 aliphatic carbocycles. The summed E-state index contributed by atoms with van der Waals surface area (Å²) in [5.41, 5.74) is -0.229. The molecule has 1 aliphatic heterocycles. The fourth-order valence-electron chi connectivity index (χ4n) is 2.47. The number of thioether (sulfide) groups is 1. The van der Waals surface area contributed by atoms with E-state index in [9.17, 15) is 27.9 Å². The third kappa shape index (κ3) is 4.96. The maximum Gasteiger partial charge on any atom is 0.416 e. The number of anilines is 1. The molecule has 150 valence electrons. The van der Waals surface area contributed by atoms with E-state index in [4.69, 9.17) is 17.0 Å². The Morgan fingerprint density at radius 3 is 2.52 bits per heavy atom. The summed E-state index contributed by atoms with van der Waals surface area (Å²) >= 11 is 6.15. The van der Waals surface area contributed by atoms with Crippen molar-refractivity contribution in [3.05, 3.63) is 64.6 Å². The lowest BCUT2D eigenvalue weighted by Gasteiger charge is -2.16. The molecule has 0 spiro atoms. The van der Waals surface area contributed by atoms with E-state index in [0.29, 0.717) is 11.3 Å². The average Bonchev–Trinajstić information content (AvgIpc) is 2.94. The molecule has 3 rings (SSSR count).